The van der Waals surface area contributed by atoms with Crippen LogP contribution in [-0.4, -0.2) is 54.4 Å². The van der Waals surface area contributed by atoms with Gasteiger partial charge in [0.15, 0.2) is 0 Å². The molecule has 16 heavy (non-hydrogen) atoms. The summed E-state index contributed by atoms with van der Waals surface area (Å²) < 4.78 is 35.4. The minimum Gasteiger partial charge on any atom is -0.395 e. The molecule has 0 unspecified atom stereocenters. The predicted octanol–water partition coefficient (Wildman–Crippen LogP) is 0.122. The summed E-state index contributed by atoms with van der Waals surface area (Å²) in [6, 6.07) is -0.100. The highest BCUT2D eigenvalue weighted by Gasteiger charge is 2.29. The number of likely N-dealkylation sites (tertiary alicyclic amines) is 1. The third kappa shape index (κ3) is 4.36. The molecular formula is C9H15F3N2O2. The first-order chi connectivity index (χ1) is 7.42. The number of hydrogen-bond acceptors (Lipinski definition) is 3. The molecule has 7 heteroatoms. The van der Waals surface area contributed by atoms with Crippen molar-refractivity contribution in [2.75, 3.05) is 26.2 Å². The van der Waals surface area contributed by atoms with E-state index < -0.39 is 18.6 Å². The second-order valence-corrected chi connectivity index (χ2v) is 3.84. The van der Waals surface area contributed by atoms with E-state index in [1.807, 2.05) is 0 Å². The number of hydrogen-bond donors (Lipinski definition) is 2. The summed E-state index contributed by atoms with van der Waals surface area (Å²) in [6.07, 6.45) is -2.74. The Kier molecular flexibility index (Phi) is 4.55. The van der Waals surface area contributed by atoms with Gasteiger partial charge < -0.3 is 10.4 Å². The molecule has 1 heterocycles. The van der Waals surface area contributed by atoms with E-state index in [-0.39, 0.29) is 19.2 Å². The van der Waals surface area contributed by atoms with Gasteiger partial charge >= 0.3 is 6.18 Å². The molecule has 0 saturated carbocycles. The molecule has 0 radical (unpaired) electrons. The third-order valence-corrected chi connectivity index (χ3v) is 2.54. The van der Waals surface area contributed by atoms with Crippen molar-refractivity contribution in [2.24, 2.45) is 0 Å². The highest BCUT2D eigenvalue weighted by molar-refractivity contribution is 5.78. The number of aliphatic hydroxyl groups is 1. The van der Waals surface area contributed by atoms with E-state index in [1.54, 1.807) is 10.2 Å². The largest absolute Gasteiger partial charge is 0.405 e. The van der Waals surface area contributed by atoms with E-state index >= 15 is 0 Å². The summed E-state index contributed by atoms with van der Waals surface area (Å²) in [5.41, 5.74) is 0. The SMILES string of the molecule is O=C(CN1CCC[C@@H]1CO)NCC(F)(F)F. The molecule has 1 atom stereocenters. The minimum absolute atomic E-state index is 0.0629. The maximum Gasteiger partial charge on any atom is 0.405 e. The van der Waals surface area contributed by atoms with Gasteiger partial charge in [-0.25, -0.2) is 0 Å². The maximum atomic E-state index is 11.8. The summed E-state index contributed by atoms with van der Waals surface area (Å²) >= 11 is 0. The number of halogens is 3. The first kappa shape index (κ1) is 13.2. The Morgan fingerprint density at radius 1 is 1.50 bits per heavy atom. The molecule has 1 aliphatic heterocycles. The maximum absolute atomic E-state index is 11.8. The molecule has 1 amide bonds. The predicted molar refractivity (Wildman–Crippen MR) is 50.7 cm³/mol. The van der Waals surface area contributed by atoms with Crippen LogP contribution in [0.2, 0.25) is 0 Å². The highest BCUT2D eigenvalue weighted by Crippen LogP contribution is 2.16. The van der Waals surface area contributed by atoms with Crippen molar-refractivity contribution in [3.05, 3.63) is 0 Å². The second kappa shape index (κ2) is 5.49. The number of alkyl halides is 3. The van der Waals surface area contributed by atoms with Crippen LogP contribution in [0.4, 0.5) is 13.2 Å². The molecule has 0 aromatic heterocycles. The van der Waals surface area contributed by atoms with Crippen molar-refractivity contribution in [1.29, 1.82) is 0 Å². The number of rotatable bonds is 4. The van der Waals surface area contributed by atoms with E-state index in [1.165, 1.54) is 0 Å². The van der Waals surface area contributed by atoms with Crippen LogP contribution >= 0.6 is 0 Å². The lowest BCUT2D eigenvalue weighted by atomic mass is 10.2. The summed E-state index contributed by atoms with van der Waals surface area (Å²) in [5.74, 6) is -0.655. The molecule has 0 aromatic carbocycles. The number of amides is 1. The van der Waals surface area contributed by atoms with Crippen molar-refractivity contribution in [1.82, 2.24) is 10.2 Å². The van der Waals surface area contributed by atoms with Crippen LogP contribution in [0.1, 0.15) is 12.8 Å². The molecule has 0 aliphatic carbocycles. The third-order valence-electron chi connectivity index (χ3n) is 2.54. The Morgan fingerprint density at radius 3 is 2.75 bits per heavy atom. The van der Waals surface area contributed by atoms with Crippen LogP contribution in [0.3, 0.4) is 0 Å². The molecule has 0 spiro atoms. The van der Waals surface area contributed by atoms with Crippen LogP contribution in [-0.2, 0) is 4.79 Å². The number of carbonyl (C=O) groups is 1. The zero-order chi connectivity index (χ0) is 12.2. The molecule has 0 bridgehead atoms. The lowest BCUT2D eigenvalue weighted by Gasteiger charge is -2.21. The molecule has 4 nitrogen and oxygen atoms in total. The lowest BCUT2D eigenvalue weighted by molar-refractivity contribution is -0.139. The quantitative estimate of drug-likeness (QED) is 0.734. The van der Waals surface area contributed by atoms with E-state index in [2.05, 4.69) is 0 Å². The molecule has 1 rings (SSSR count). The van der Waals surface area contributed by atoms with E-state index in [9.17, 15) is 18.0 Å². The van der Waals surface area contributed by atoms with E-state index in [4.69, 9.17) is 5.11 Å². The molecule has 1 aliphatic rings. The minimum atomic E-state index is -4.38. The number of carbonyl (C=O) groups excluding carboxylic acids is 1. The van der Waals surface area contributed by atoms with Crippen molar-refractivity contribution in [3.63, 3.8) is 0 Å². The Morgan fingerprint density at radius 2 is 2.19 bits per heavy atom. The van der Waals surface area contributed by atoms with Gasteiger partial charge in [0.2, 0.25) is 5.91 Å². The summed E-state index contributed by atoms with van der Waals surface area (Å²) in [7, 11) is 0. The first-order valence-corrected chi connectivity index (χ1v) is 5.11. The molecule has 2 N–H and O–H groups in total. The van der Waals surface area contributed by atoms with E-state index in [0.29, 0.717) is 6.54 Å². The molecule has 1 saturated heterocycles. The average Bonchev–Trinajstić information content (AvgIpc) is 2.61. The smallest absolute Gasteiger partial charge is 0.395 e. The van der Waals surface area contributed by atoms with Gasteiger partial charge in [0, 0.05) is 6.04 Å². The Bertz CT molecular complexity index is 245. The van der Waals surface area contributed by atoms with Crippen molar-refractivity contribution in [3.8, 4) is 0 Å². The van der Waals surface area contributed by atoms with Crippen LogP contribution in [0, 0.1) is 0 Å². The molecule has 0 aromatic rings. The number of aliphatic hydroxyl groups excluding tert-OH is 1. The van der Waals surface area contributed by atoms with Gasteiger partial charge in [-0.2, -0.15) is 13.2 Å². The summed E-state index contributed by atoms with van der Waals surface area (Å²) in [5, 5.41) is 10.8. The van der Waals surface area contributed by atoms with Crippen LogP contribution in [0.15, 0.2) is 0 Å². The fourth-order valence-electron chi connectivity index (χ4n) is 1.75. The van der Waals surface area contributed by atoms with Crippen molar-refractivity contribution in [2.45, 2.75) is 25.1 Å². The molecular weight excluding hydrogens is 225 g/mol. The highest BCUT2D eigenvalue weighted by atomic mass is 19.4. The Balaban J connectivity index is 2.28. The van der Waals surface area contributed by atoms with Gasteiger partial charge in [-0.15, -0.1) is 0 Å². The Hall–Kier alpha value is -0.820. The molecule has 1 fully saturated rings. The van der Waals surface area contributed by atoms with Crippen LogP contribution in [0.5, 0.6) is 0 Å². The topological polar surface area (TPSA) is 52.6 Å². The summed E-state index contributed by atoms with van der Waals surface area (Å²) in [6.45, 7) is -0.804. The van der Waals surface area contributed by atoms with Crippen molar-refractivity contribution < 1.29 is 23.1 Å². The van der Waals surface area contributed by atoms with Gasteiger partial charge in [-0.3, -0.25) is 9.69 Å². The average molecular weight is 240 g/mol. The fraction of sp³-hybridized carbons (Fsp3) is 0.889. The zero-order valence-electron chi connectivity index (χ0n) is 8.76. The summed E-state index contributed by atoms with van der Waals surface area (Å²) in [4.78, 5) is 12.9. The monoisotopic (exact) mass is 240 g/mol. The Labute approximate surface area is 91.4 Å². The van der Waals surface area contributed by atoms with Gasteiger partial charge in [0.1, 0.15) is 6.54 Å². The fourth-order valence-corrected chi connectivity index (χ4v) is 1.75. The zero-order valence-corrected chi connectivity index (χ0v) is 8.76. The van der Waals surface area contributed by atoms with Gasteiger partial charge in [0.25, 0.3) is 0 Å². The number of nitrogens with one attached hydrogen (secondary N) is 1. The normalized spacial score (nSPS) is 22.4. The molecule has 94 valence electrons. The van der Waals surface area contributed by atoms with Gasteiger partial charge in [-0.1, -0.05) is 0 Å². The van der Waals surface area contributed by atoms with Crippen LogP contribution < -0.4 is 5.32 Å². The number of nitrogens with zero attached hydrogens (tertiary/aromatic N) is 1. The van der Waals surface area contributed by atoms with E-state index in [0.717, 1.165) is 12.8 Å². The van der Waals surface area contributed by atoms with Gasteiger partial charge in [-0.05, 0) is 19.4 Å². The van der Waals surface area contributed by atoms with Crippen molar-refractivity contribution >= 4 is 5.91 Å². The second-order valence-electron chi connectivity index (χ2n) is 3.84. The lowest BCUT2D eigenvalue weighted by Crippen LogP contribution is -2.43. The first-order valence-electron chi connectivity index (χ1n) is 5.11. The van der Waals surface area contributed by atoms with Crippen LogP contribution in [0.25, 0.3) is 0 Å². The standard InChI is InChI=1S/C9H15F3N2O2/c10-9(11,12)6-13-8(16)4-14-3-1-2-7(14)5-15/h7,15H,1-6H2,(H,13,16)/t7-/m1/s1. The van der Waals surface area contributed by atoms with Gasteiger partial charge in [0.05, 0.1) is 13.2 Å².